The van der Waals surface area contributed by atoms with Crippen molar-refractivity contribution in [2.75, 3.05) is 31.1 Å². The van der Waals surface area contributed by atoms with Crippen molar-refractivity contribution in [2.24, 2.45) is 4.99 Å². The van der Waals surface area contributed by atoms with Crippen molar-refractivity contribution in [1.82, 2.24) is 15.2 Å². The fourth-order valence-corrected chi connectivity index (χ4v) is 5.08. The molecule has 2 saturated heterocycles. The number of hydrogen-bond donors (Lipinski definition) is 1. The van der Waals surface area contributed by atoms with Crippen molar-refractivity contribution in [3.8, 4) is 0 Å². The van der Waals surface area contributed by atoms with Gasteiger partial charge in [-0.2, -0.15) is 4.99 Å². The van der Waals surface area contributed by atoms with Crippen molar-refractivity contribution >= 4 is 22.5 Å². The average molecular weight is 362 g/mol. The molecule has 3 heterocycles. The summed E-state index contributed by atoms with van der Waals surface area (Å²) >= 11 is 1.52. The van der Waals surface area contributed by atoms with E-state index in [1.165, 1.54) is 50.0 Å². The molecule has 3 fully saturated rings. The maximum absolute atomic E-state index is 12.1. The van der Waals surface area contributed by atoms with Gasteiger partial charge in [-0.1, -0.05) is 30.6 Å². The Bertz CT molecular complexity index is 669. The summed E-state index contributed by atoms with van der Waals surface area (Å²) < 4.78 is 0.742. The van der Waals surface area contributed by atoms with Crippen molar-refractivity contribution in [2.45, 2.75) is 57.0 Å². The van der Waals surface area contributed by atoms with E-state index in [-0.39, 0.29) is 6.03 Å². The van der Waals surface area contributed by atoms with Gasteiger partial charge in [0.15, 0.2) is 5.13 Å². The molecule has 0 spiro atoms. The molecular weight excluding hydrogens is 334 g/mol. The van der Waals surface area contributed by atoms with Crippen LogP contribution in [-0.2, 0) is 0 Å². The van der Waals surface area contributed by atoms with E-state index in [1.807, 2.05) is 6.07 Å². The quantitative estimate of drug-likeness (QED) is 0.878. The molecule has 1 unspecified atom stereocenters. The standard InChI is InChI=1S/C18H27N5OS/c24-17(20-14-5-1-2-6-14)21-16-8-9-19-18(25-16)23-12-11-22-10-4-3-7-15(22)13-23/h8-9,14-15H,1-7,10-13H2,(H,20,24). The van der Waals surface area contributed by atoms with Crippen molar-refractivity contribution in [1.29, 1.82) is 0 Å². The molecule has 1 aliphatic carbocycles. The van der Waals surface area contributed by atoms with Crippen LogP contribution < -0.4 is 14.9 Å². The van der Waals surface area contributed by atoms with Gasteiger partial charge in [0, 0.05) is 37.9 Å². The number of anilines is 1. The molecule has 1 saturated carbocycles. The zero-order valence-electron chi connectivity index (χ0n) is 14.7. The zero-order valence-corrected chi connectivity index (χ0v) is 15.5. The van der Waals surface area contributed by atoms with Crippen LogP contribution in [0.2, 0.25) is 0 Å². The summed E-state index contributed by atoms with van der Waals surface area (Å²) in [6.07, 6.45) is 10.3. The van der Waals surface area contributed by atoms with Gasteiger partial charge >= 0.3 is 6.03 Å². The molecule has 0 bridgehead atoms. The second kappa shape index (κ2) is 7.83. The van der Waals surface area contributed by atoms with Crippen LogP contribution in [0.3, 0.4) is 0 Å². The number of carbonyl (C=O) groups is 1. The van der Waals surface area contributed by atoms with E-state index in [2.05, 4.69) is 25.1 Å². The summed E-state index contributed by atoms with van der Waals surface area (Å²) in [7, 11) is 0. The number of amides is 2. The Morgan fingerprint density at radius 2 is 2.00 bits per heavy atom. The third kappa shape index (κ3) is 4.20. The molecule has 25 heavy (non-hydrogen) atoms. The molecule has 3 aliphatic rings. The van der Waals surface area contributed by atoms with E-state index >= 15 is 0 Å². The highest BCUT2D eigenvalue weighted by molar-refractivity contribution is 7.13. The number of nitrogens with one attached hydrogen (secondary N) is 1. The Labute approximate surface area is 153 Å². The largest absolute Gasteiger partial charge is 0.345 e. The molecule has 1 aromatic rings. The predicted molar refractivity (Wildman–Crippen MR) is 99.9 cm³/mol. The normalized spacial score (nSPS) is 25.8. The zero-order chi connectivity index (χ0) is 17.1. The minimum absolute atomic E-state index is 0.211. The molecule has 4 rings (SSSR count). The Hall–Kier alpha value is -1.47. The highest BCUT2D eigenvalue weighted by Gasteiger charge is 2.29. The second-order valence-corrected chi connectivity index (χ2v) is 8.33. The van der Waals surface area contributed by atoms with E-state index in [0.29, 0.717) is 12.1 Å². The molecule has 2 aliphatic heterocycles. The van der Waals surface area contributed by atoms with Crippen LogP contribution in [-0.4, -0.2) is 54.2 Å². The number of hydrogen-bond acceptors (Lipinski definition) is 5. The number of urea groups is 1. The third-order valence-electron chi connectivity index (χ3n) is 5.60. The van der Waals surface area contributed by atoms with Gasteiger partial charge in [0.05, 0.1) is 0 Å². The SMILES string of the molecule is O=C(N=c1ccnc(N2CCN3CCCCC3C2)s1)NC1CCCC1. The molecule has 136 valence electrons. The predicted octanol–water partition coefficient (Wildman–Crippen LogP) is 2.37. The first-order chi connectivity index (χ1) is 12.3. The fourth-order valence-electron chi connectivity index (χ4n) is 4.23. The fraction of sp³-hybridized carbons (Fsp3) is 0.722. The third-order valence-corrected chi connectivity index (χ3v) is 6.58. The first kappa shape index (κ1) is 17.0. The molecule has 2 amide bonds. The van der Waals surface area contributed by atoms with Gasteiger partial charge in [-0.05, 0) is 38.3 Å². The average Bonchev–Trinajstić information content (AvgIpc) is 3.14. The van der Waals surface area contributed by atoms with Gasteiger partial charge in [0.25, 0.3) is 0 Å². The summed E-state index contributed by atoms with van der Waals surface area (Å²) in [5.41, 5.74) is 0. The highest BCUT2D eigenvalue weighted by atomic mass is 32.1. The number of carbonyl (C=O) groups excluding carboxylic acids is 1. The minimum atomic E-state index is -0.211. The van der Waals surface area contributed by atoms with Crippen molar-refractivity contribution in [3.63, 3.8) is 0 Å². The van der Waals surface area contributed by atoms with Crippen LogP contribution in [0.5, 0.6) is 0 Å². The van der Waals surface area contributed by atoms with Gasteiger partial charge in [-0.25, -0.2) is 9.78 Å². The summed E-state index contributed by atoms with van der Waals surface area (Å²) in [6.45, 7) is 4.41. The lowest BCUT2D eigenvalue weighted by molar-refractivity contribution is 0.133. The number of piperazine rings is 1. The van der Waals surface area contributed by atoms with Gasteiger partial charge in [-0.15, -0.1) is 0 Å². The second-order valence-electron chi connectivity index (χ2n) is 7.34. The summed E-state index contributed by atoms with van der Waals surface area (Å²) in [6, 6.07) is 2.58. The summed E-state index contributed by atoms with van der Waals surface area (Å²) in [5.74, 6) is 0. The van der Waals surface area contributed by atoms with Crippen molar-refractivity contribution < 1.29 is 4.79 Å². The molecule has 1 N–H and O–H groups in total. The van der Waals surface area contributed by atoms with Crippen LogP contribution in [0.15, 0.2) is 17.3 Å². The van der Waals surface area contributed by atoms with E-state index in [4.69, 9.17) is 0 Å². The lowest BCUT2D eigenvalue weighted by Gasteiger charge is -2.44. The van der Waals surface area contributed by atoms with Crippen LogP contribution in [0.4, 0.5) is 9.93 Å². The van der Waals surface area contributed by atoms with Crippen LogP contribution in [0, 0.1) is 0 Å². The Balaban J connectivity index is 1.43. The summed E-state index contributed by atoms with van der Waals surface area (Å²) in [4.78, 5) is 25.9. The minimum Gasteiger partial charge on any atom is -0.345 e. The molecular formula is C18H27N5OS. The monoisotopic (exact) mass is 361 g/mol. The molecule has 0 radical (unpaired) electrons. The van der Waals surface area contributed by atoms with Gasteiger partial charge in [0.2, 0.25) is 0 Å². The van der Waals surface area contributed by atoms with Crippen LogP contribution in [0.1, 0.15) is 44.9 Å². The lowest BCUT2D eigenvalue weighted by atomic mass is 10.00. The van der Waals surface area contributed by atoms with Crippen LogP contribution >= 0.6 is 11.3 Å². The van der Waals surface area contributed by atoms with Gasteiger partial charge < -0.3 is 10.2 Å². The van der Waals surface area contributed by atoms with Gasteiger partial charge in [-0.3, -0.25) is 4.90 Å². The van der Waals surface area contributed by atoms with Crippen LogP contribution in [0.25, 0.3) is 0 Å². The van der Waals surface area contributed by atoms with Gasteiger partial charge in [0.1, 0.15) is 4.67 Å². The molecule has 1 aromatic heterocycles. The Kier molecular flexibility index (Phi) is 5.31. The lowest BCUT2D eigenvalue weighted by Crippen LogP contribution is -2.55. The smallest absolute Gasteiger partial charge is 0.342 e. The number of fused-ring (bicyclic) bond motifs is 1. The molecule has 7 heteroatoms. The van der Waals surface area contributed by atoms with Crippen molar-refractivity contribution in [3.05, 3.63) is 16.9 Å². The molecule has 0 aromatic carbocycles. The first-order valence-corrected chi connectivity index (χ1v) is 10.4. The number of nitrogens with zero attached hydrogens (tertiary/aromatic N) is 4. The maximum atomic E-state index is 12.1. The Morgan fingerprint density at radius 1 is 1.16 bits per heavy atom. The maximum Gasteiger partial charge on any atom is 0.342 e. The molecule has 1 atom stereocenters. The molecule has 6 nitrogen and oxygen atoms in total. The van der Waals surface area contributed by atoms with E-state index in [1.54, 1.807) is 6.20 Å². The topological polar surface area (TPSA) is 60.8 Å². The highest BCUT2D eigenvalue weighted by Crippen LogP contribution is 2.24. The Morgan fingerprint density at radius 3 is 2.88 bits per heavy atom. The van der Waals surface area contributed by atoms with E-state index < -0.39 is 0 Å². The summed E-state index contributed by atoms with van der Waals surface area (Å²) in [5, 5.41) is 4.01. The first-order valence-electron chi connectivity index (χ1n) is 9.58. The van der Waals surface area contributed by atoms with E-state index in [9.17, 15) is 4.79 Å². The number of rotatable bonds is 2. The number of aromatic nitrogens is 1. The number of piperidine rings is 1. The van der Waals surface area contributed by atoms with E-state index in [0.717, 1.165) is 42.3 Å².